The van der Waals surface area contributed by atoms with Gasteiger partial charge in [0.2, 0.25) is 0 Å². The fourth-order valence-corrected chi connectivity index (χ4v) is 1.31. The van der Waals surface area contributed by atoms with E-state index in [1.807, 2.05) is 33.6 Å². The van der Waals surface area contributed by atoms with E-state index < -0.39 is 0 Å². The number of rotatable bonds is 1. The molecule has 0 atom stereocenters. The average molecular weight is 215 g/mol. The summed E-state index contributed by atoms with van der Waals surface area (Å²) in [5.74, 6) is 0. The van der Waals surface area contributed by atoms with Gasteiger partial charge in [0.15, 0.2) is 0 Å². The smallest absolute Gasteiger partial charge is 0.106 e. The Morgan fingerprint density at radius 1 is 1.29 bits per heavy atom. The predicted molar refractivity (Wildman–Crippen MR) is 64.0 cm³/mol. The van der Waals surface area contributed by atoms with Crippen molar-refractivity contribution < 1.29 is 4.79 Å². The van der Waals surface area contributed by atoms with Crippen LogP contribution in [0.25, 0.3) is 0 Å². The minimum absolute atomic E-state index is 0.891. The van der Waals surface area contributed by atoms with Crippen LogP contribution < -0.4 is 0 Å². The van der Waals surface area contributed by atoms with Gasteiger partial charge in [-0.25, -0.2) is 0 Å². The molecule has 1 rings (SSSR count). The zero-order valence-electron chi connectivity index (χ0n) is 9.43. The van der Waals surface area contributed by atoms with Gasteiger partial charge in [0.1, 0.15) is 6.79 Å². The number of hydrogen-bond donors (Lipinski definition) is 0. The molecule has 0 bridgehead atoms. The molecule has 0 aliphatic rings. The standard InChI is InChI=1S/C9H11Cl.C2H6.CH2O/c1-3-8-5-4-7(2)6-9(8)10;2*1-2/h4-6H,3H2,1-2H3;1-2H3;1H2. The summed E-state index contributed by atoms with van der Waals surface area (Å²) in [4.78, 5) is 8.00. The minimum Gasteiger partial charge on any atom is -0.307 e. The first kappa shape index (κ1) is 15.6. The summed E-state index contributed by atoms with van der Waals surface area (Å²) in [6, 6.07) is 6.17. The van der Waals surface area contributed by atoms with Crippen LogP contribution in [0.2, 0.25) is 5.02 Å². The summed E-state index contributed by atoms with van der Waals surface area (Å²) in [6.07, 6.45) is 1.01. The van der Waals surface area contributed by atoms with Gasteiger partial charge in [-0.2, -0.15) is 0 Å². The molecule has 0 fully saturated rings. The molecule has 1 aromatic carbocycles. The highest BCUT2D eigenvalue weighted by Crippen LogP contribution is 2.17. The van der Waals surface area contributed by atoms with Crippen LogP contribution in [0, 0.1) is 6.92 Å². The largest absolute Gasteiger partial charge is 0.307 e. The Morgan fingerprint density at radius 2 is 1.79 bits per heavy atom. The van der Waals surface area contributed by atoms with E-state index >= 15 is 0 Å². The van der Waals surface area contributed by atoms with Crippen molar-refractivity contribution in [1.29, 1.82) is 0 Å². The lowest BCUT2D eigenvalue weighted by molar-refractivity contribution is -0.0979. The normalized spacial score (nSPS) is 7.79. The molecule has 80 valence electrons. The number of halogens is 1. The van der Waals surface area contributed by atoms with E-state index in [1.165, 1.54) is 11.1 Å². The zero-order valence-corrected chi connectivity index (χ0v) is 10.2. The van der Waals surface area contributed by atoms with E-state index in [0.29, 0.717) is 0 Å². The maximum atomic E-state index is 8.00. The molecule has 0 amide bonds. The van der Waals surface area contributed by atoms with Crippen LogP contribution >= 0.6 is 11.6 Å². The molecule has 0 saturated heterocycles. The molecule has 0 N–H and O–H groups in total. The highest BCUT2D eigenvalue weighted by molar-refractivity contribution is 6.31. The average Bonchev–Trinajstić information content (AvgIpc) is 2.24. The number of carbonyl (C=O) groups excluding carboxylic acids is 1. The van der Waals surface area contributed by atoms with Gasteiger partial charge in [-0.3, -0.25) is 0 Å². The topological polar surface area (TPSA) is 17.1 Å². The van der Waals surface area contributed by atoms with Crippen LogP contribution in [0.5, 0.6) is 0 Å². The molecule has 0 saturated carbocycles. The molecular weight excluding hydrogens is 196 g/mol. The lowest BCUT2D eigenvalue weighted by Crippen LogP contribution is -1.81. The molecular formula is C12H19ClO. The Kier molecular flexibility index (Phi) is 11.5. The van der Waals surface area contributed by atoms with Gasteiger partial charge in [0, 0.05) is 5.02 Å². The van der Waals surface area contributed by atoms with Crippen LogP contribution in [-0.2, 0) is 11.2 Å². The first-order valence-electron chi connectivity index (χ1n) is 4.78. The van der Waals surface area contributed by atoms with Gasteiger partial charge in [-0.1, -0.05) is 44.5 Å². The number of hydrogen-bond acceptors (Lipinski definition) is 1. The monoisotopic (exact) mass is 214 g/mol. The molecule has 0 radical (unpaired) electrons. The van der Waals surface area contributed by atoms with Crippen molar-refractivity contribution in [2.45, 2.75) is 34.1 Å². The predicted octanol–water partition coefficient (Wildman–Crippen LogP) is 4.05. The third-order valence-electron chi connectivity index (χ3n) is 1.59. The van der Waals surface area contributed by atoms with Crippen LogP contribution in [0.1, 0.15) is 31.9 Å². The number of benzene rings is 1. The molecule has 14 heavy (non-hydrogen) atoms. The lowest BCUT2D eigenvalue weighted by Gasteiger charge is -2.00. The van der Waals surface area contributed by atoms with Crippen LogP contribution in [0.4, 0.5) is 0 Å². The second kappa shape index (κ2) is 10.3. The molecule has 0 aromatic heterocycles. The van der Waals surface area contributed by atoms with Crippen molar-refractivity contribution in [2.24, 2.45) is 0 Å². The van der Waals surface area contributed by atoms with Gasteiger partial charge in [0.25, 0.3) is 0 Å². The van der Waals surface area contributed by atoms with E-state index in [1.54, 1.807) is 0 Å². The Morgan fingerprint density at radius 3 is 2.14 bits per heavy atom. The molecule has 0 unspecified atom stereocenters. The first-order valence-corrected chi connectivity index (χ1v) is 5.15. The molecule has 1 aromatic rings. The van der Waals surface area contributed by atoms with Crippen molar-refractivity contribution in [2.75, 3.05) is 0 Å². The number of aryl methyl sites for hydroxylation is 2. The van der Waals surface area contributed by atoms with Gasteiger partial charge >= 0.3 is 0 Å². The van der Waals surface area contributed by atoms with Crippen LogP contribution in [0.15, 0.2) is 18.2 Å². The number of carbonyl (C=O) groups is 1. The molecule has 2 heteroatoms. The Labute approximate surface area is 92.1 Å². The van der Waals surface area contributed by atoms with Gasteiger partial charge in [-0.05, 0) is 30.5 Å². The van der Waals surface area contributed by atoms with E-state index in [0.717, 1.165) is 11.4 Å². The van der Waals surface area contributed by atoms with Crippen molar-refractivity contribution in [3.63, 3.8) is 0 Å². The molecule has 0 spiro atoms. The van der Waals surface area contributed by atoms with E-state index in [-0.39, 0.29) is 0 Å². The second-order valence-electron chi connectivity index (χ2n) is 2.45. The maximum Gasteiger partial charge on any atom is 0.106 e. The van der Waals surface area contributed by atoms with E-state index in [9.17, 15) is 0 Å². The Bertz CT molecular complexity index is 246. The minimum atomic E-state index is 0.891. The van der Waals surface area contributed by atoms with Crippen LogP contribution in [-0.4, -0.2) is 6.79 Å². The van der Waals surface area contributed by atoms with Crippen molar-refractivity contribution in [1.82, 2.24) is 0 Å². The fourth-order valence-electron chi connectivity index (χ4n) is 0.939. The summed E-state index contributed by atoms with van der Waals surface area (Å²) in [5.41, 5.74) is 2.45. The summed E-state index contributed by atoms with van der Waals surface area (Å²) < 4.78 is 0. The summed E-state index contributed by atoms with van der Waals surface area (Å²) in [5, 5.41) is 0.891. The summed E-state index contributed by atoms with van der Waals surface area (Å²) in [6.45, 7) is 10.2. The third-order valence-corrected chi connectivity index (χ3v) is 1.94. The third kappa shape index (κ3) is 5.76. The van der Waals surface area contributed by atoms with Crippen molar-refractivity contribution in [3.8, 4) is 0 Å². The second-order valence-corrected chi connectivity index (χ2v) is 2.86. The van der Waals surface area contributed by atoms with Crippen molar-refractivity contribution in [3.05, 3.63) is 34.3 Å². The quantitative estimate of drug-likeness (QED) is 0.689. The van der Waals surface area contributed by atoms with E-state index in [4.69, 9.17) is 16.4 Å². The lowest BCUT2D eigenvalue weighted by atomic mass is 10.1. The molecule has 0 aliphatic carbocycles. The Hall–Kier alpha value is -0.820. The van der Waals surface area contributed by atoms with E-state index in [2.05, 4.69) is 19.1 Å². The van der Waals surface area contributed by atoms with Gasteiger partial charge in [-0.15, -0.1) is 0 Å². The molecule has 1 nitrogen and oxygen atoms in total. The summed E-state index contributed by atoms with van der Waals surface area (Å²) in [7, 11) is 0. The van der Waals surface area contributed by atoms with Gasteiger partial charge in [0.05, 0.1) is 0 Å². The van der Waals surface area contributed by atoms with Gasteiger partial charge < -0.3 is 4.79 Å². The SMILES string of the molecule is C=O.CC.CCc1ccc(C)cc1Cl. The Balaban J connectivity index is 0. The zero-order chi connectivity index (χ0) is 11.6. The highest BCUT2D eigenvalue weighted by atomic mass is 35.5. The molecule has 0 heterocycles. The van der Waals surface area contributed by atoms with Crippen LogP contribution in [0.3, 0.4) is 0 Å². The maximum absolute atomic E-state index is 8.00. The fraction of sp³-hybridized carbons (Fsp3) is 0.417. The van der Waals surface area contributed by atoms with Crippen molar-refractivity contribution >= 4 is 18.4 Å². The highest BCUT2D eigenvalue weighted by Gasteiger charge is 1.95. The summed E-state index contributed by atoms with van der Waals surface area (Å²) >= 11 is 5.93. The molecule has 0 aliphatic heterocycles. The first-order chi connectivity index (χ1) is 6.74.